The van der Waals surface area contributed by atoms with Crippen LogP contribution in [0.4, 0.5) is 5.69 Å². The molecular weight excluding hydrogens is 336 g/mol. The third-order valence-corrected chi connectivity index (χ3v) is 4.65. The van der Waals surface area contributed by atoms with E-state index < -0.39 is 0 Å². The van der Waals surface area contributed by atoms with Crippen LogP contribution in [-0.4, -0.2) is 26.3 Å². The van der Waals surface area contributed by atoms with Crippen LogP contribution in [0.1, 0.15) is 16.2 Å². The first-order valence-corrected chi connectivity index (χ1v) is 8.70. The first kappa shape index (κ1) is 17.0. The Morgan fingerprint density at radius 3 is 2.60 bits per heavy atom. The van der Waals surface area contributed by atoms with Crippen molar-refractivity contribution in [1.82, 2.24) is 14.8 Å². The van der Waals surface area contributed by atoms with Crippen LogP contribution in [0.15, 0.2) is 59.8 Å². The Hall–Kier alpha value is -2.80. The van der Waals surface area contributed by atoms with Gasteiger partial charge in [0.2, 0.25) is 0 Å². The zero-order chi connectivity index (χ0) is 17.6. The normalized spacial score (nSPS) is 10.6. The second-order valence-electron chi connectivity index (χ2n) is 5.36. The average Bonchev–Trinajstić information content (AvgIpc) is 2.99. The summed E-state index contributed by atoms with van der Waals surface area (Å²) in [4.78, 5) is 12.3. The molecule has 0 unspecified atom stereocenters. The van der Waals surface area contributed by atoms with Crippen molar-refractivity contribution in [3.05, 3.63) is 66.0 Å². The zero-order valence-corrected chi connectivity index (χ0v) is 14.6. The van der Waals surface area contributed by atoms with E-state index in [0.717, 1.165) is 5.75 Å². The van der Waals surface area contributed by atoms with E-state index >= 15 is 0 Å². The fourth-order valence-corrected chi connectivity index (χ4v) is 3.03. The molecule has 3 aromatic rings. The first-order chi connectivity index (χ1) is 12.1. The summed E-state index contributed by atoms with van der Waals surface area (Å²) in [6.45, 7) is 0.313. The van der Waals surface area contributed by atoms with Gasteiger partial charge in [-0.2, -0.15) is 0 Å². The van der Waals surface area contributed by atoms with Gasteiger partial charge >= 0.3 is 0 Å². The number of carbonyl (C=O) groups excluding carboxylic acids is 1. The lowest BCUT2D eigenvalue weighted by molar-refractivity contribution is 0.102. The maximum Gasteiger partial charge on any atom is 0.191 e. The molecule has 25 heavy (non-hydrogen) atoms. The zero-order valence-electron chi connectivity index (χ0n) is 13.8. The Morgan fingerprint density at radius 2 is 1.84 bits per heavy atom. The van der Waals surface area contributed by atoms with Gasteiger partial charge in [0.1, 0.15) is 12.4 Å². The quantitative estimate of drug-likeness (QED) is 0.399. The van der Waals surface area contributed by atoms with Gasteiger partial charge in [-0.15, -0.1) is 10.2 Å². The van der Waals surface area contributed by atoms with E-state index in [1.165, 1.54) is 11.8 Å². The minimum absolute atomic E-state index is 0.0341. The first-order valence-electron chi connectivity index (χ1n) is 7.72. The fourth-order valence-electron chi connectivity index (χ4n) is 2.22. The molecule has 0 saturated carbocycles. The Kier molecular flexibility index (Phi) is 5.35. The summed E-state index contributed by atoms with van der Waals surface area (Å²) in [5.41, 5.74) is 6.86. The van der Waals surface area contributed by atoms with Gasteiger partial charge in [0.15, 0.2) is 16.8 Å². The average molecular weight is 354 g/mol. The Bertz CT molecular complexity index is 865. The molecule has 0 fully saturated rings. The van der Waals surface area contributed by atoms with Gasteiger partial charge in [-0.05, 0) is 24.3 Å². The highest BCUT2D eigenvalue weighted by Crippen LogP contribution is 2.20. The van der Waals surface area contributed by atoms with Crippen LogP contribution in [0.2, 0.25) is 0 Å². The molecular formula is C18H18N4O2S. The highest BCUT2D eigenvalue weighted by molar-refractivity contribution is 7.99. The Balaban J connectivity index is 1.60. The SMILES string of the molecule is Cn1c(COc2ccccc2)nnc1SCC(=O)c1ccccc1N. The smallest absolute Gasteiger partial charge is 0.191 e. The molecule has 2 aromatic carbocycles. The highest BCUT2D eigenvalue weighted by atomic mass is 32.2. The van der Waals surface area contributed by atoms with Gasteiger partial charge < -0.3 is 15.0 Å². The second-order valence-corrected chi connectivity index (χ2v) is 6.30. The van der Waals surface area contributed by atoms with Crippen LogP contribution in [-0.2, 0) is 13.7 Å². The minimum Gasteiger partial charge on any atom is -0.486 e. The standard InChI is InChI=1S/C18H18N4O2S/c1-22-17(11-24-13-7-3-2-4-8-13)20-21-18(22)25-12-16(23)14-9-5-6-10-15(14)19/h2-10H,11-12,19H2,1H3. The number of benzene rings is 2. The third-order valence-electron chi connectivity index (χ3n) is 3.63. The van der Waals surface area contributed by atoms with E-state index in [1.54, 1.807) is 24.3 Å². The van der Waals surface area contributed by atoms with E-state index in [0.29, 0.717) is 28.8 Å². The fraction of sp³-hybridized carbons (Fsp3) is 0.167. The maximum absolute atomic E-state index is 12.3. The van der Waals surface area contributed by atoms with Crippen LogP contribution >= 0.6 is 11.8 Å². The maximum atomic E-state index is 12.3. The number of hydrogen-bond donors (Lipinski definition) is 1. The minimum atomic E-state index is -0.0341. The van der Waals surface area contributed by atoms with Crippen molar-refractivity contribution in [3.63, 3.8) is 0 Å². The molecule has 0 radical (unpaired) electrons. The molecule has 0 spiro atoms. The number of ketones is 1. The van der Waals surface area contributed by atoms with E-state index in [-0.39, 0.29) is 11.5 Å². The van der Waals surface area contributed by atoms with Gasteiger partial charge in [-0.25, -0.2) is 0 Å². The number of ether oxygens (including phenoxy) is 1. The van der Waals surface area contributed by atoms with E-state index in [4.69, 9.17) is 10.5 Å². The summed E-state index contributed by atoms with van der Waals surface area (Å²) in [6.07, 6.45) is 0. The topological polar surface area (TPSA) is 83.0 Å². The molecule has 3 rings (SSSR count). The molecule has 0 aliphatic heterocycles. The van der Waals surface area contributed by atoms with Crippen molar-refractivity contribution in [3.8, 4) is 5.75 Å². The molecule has 128 valence electrons. The lowest BCUT2D eigenvalue weighted by Crippen LogP contribution is -2.08. The molecule has 0 bridgehead atoms. The number of carbonyl (C=O) groups is 1. The Labute approximate surface area is 150 Å². The van der Waals surface area contributed by atoms with Crippen molar-refractivity contribution in [1.29, 1.82) is 0 Å². The van der Waals surface area contributed by atoms with E-state index in [2.05, 4.69) is 10.2 Å². The summed E-state index contributed by atoms with van der Waals surface area (Å²) in [7, 11) is 1.85. The molecule has 0 atom stereocenters. The molecule has 0 amide bonds. The van der Waals surface area contributed by atoms with Crippen LogP contribution in [0.3, 0.4) is 0 Å². The van der Waals surface area contributed by atoms with Crippen molar-refractivity contribution < 1.29 is 9.53 Å². The van der Waals surface area contributed by atoms with Crippen molar-refractivity contribution in [2.45, 2.75) is 11.8 Å². The van der Waals surface area contributed by atoms with Crippen molar-refractivity contribution >= 4 is 23.2 Å². The number of nitrogens with zero attached hydrogens (tertiary/aromatic N) is 3. The van der Waals surface area contributed by atoms with Crippen LogP contribution in [0, 0.1) is 0 Å². The molecule has 1 aromatic heterocycles. The van der Waals surface area contributed by atoms with Crippen molar-refractivity contribution in [2.75, 3.05) is 11.5 Å². The second kappa shape index (κ2) is 7.85. The summed E-state index contributed by atoms with van der Waals surface area (Å²) in [6, 6.07) is 16.6. The van der Waals surface area contributed by atoms with Gasteiger partial charge in [-0.3, -0.25) is 4.79 Å². The predicted molar refractivity (Wildman–Crippen MR) is 97.7 cm³/mol. The van der Waals surface area contributed by atoms with E-state index in [9.17, 15) is 4.79 Å². The number of hydrogen-bond acceptors (Lipinski definition) is 6. The predicted octanol–water partition coefficient (Wildman–Crippen LogP) is 2.95. The molecule has 1 heterocycles. The number of Topliss-reactive ketones (excluding diaryl/α,β-unsaturated/α-hetero) is 1. The highest BCUT2D eigenvalue weighted by Gasteiger charge is 2.14. The Morgan fingerprint density at radius 1 is 1.12 bits per heavy atom. The monoisotopic (exact) mass is 354 g/mol. The van der Waals surface area contributed by atoms with Gasteiger partial charge in [0, 0.05) is 18.3 Å². The van der Waals surface area contributed by atoms with Crippen LogP contribution in [0.5, 0.6) is 5.75 Å². The molecule has 2 N–H and O–H groups in total. The van der Waals surface area contributed by atoms with Gasteiger partial charge in [0.05, 0.1) is 5.75 Å². The number of anilines is 1. The van der Waals surface area contributed by atoms with Gasteiger partial charge in [0.25, 0.3) is 0 Å². The molecule has 0 saturated heterocycles. The number of para-hydroxylation sites is 2. The lowest BCUT2D eigenvalue weighted by atomic mass is 10.1. The molecule has 0 aliphatic carbocycles. The molecule has 6 nitrogen and oxygen atoms in total. The van der Waals surface area contributed by atoms with Gasteiger partial charge in [-0.1, -0.05) is 42.1 Å². The van der Waals surface area contributed by atoms with Crippen molar-refractivity contribution in [2.24, 2.45) is 7.05 Å². The lowest BCUT2D eigenvalue weighted by Gasteiger charge is -2.06. The third kappa shape index (κ3) is 4.19. The number of thioether (sulfide) groups is 1. The van der Waals surface area contributed by atoms with Crippen LogP contribution in [0.25, 0.3) is 0 Å². The largest absolute Gasteiger partial charge is 0.486 e. The van der Waals surface area contributed by atoms with Crippen LogP contribution < -0.4 is 10.5 Å². The molecule has 7 heteroatoms. The summed E-state index contributed by atoms with van der Waals surface area (Å²) < 4.78 is 7.51. The van der Waals surface area contributed by atoms with E-state index in [1.807, 2.05) is 41.9 Å². The summed E-state index contributed by atoms with van der Waals surface area (Å²) >= 11 is 1.33. The number of nitrogen functional groups attached to an aromatic ring is 1. The summed E-state index contributed by atoms with van der Waals surface area (Å²) in [5.74, 6) is 1.68. The number of rotatable bonds is 7. The summed E-state index contributed by atoms with van der Waals surface area (Å²) in [5, 5.41) is 8.92. The number of nitrogens with two attached hydrogens (primary N) is 1. The number of aromatic nitrogens is 3. The molecule has 0 aliphatic rings.